The number of para-hydroxylation sites is 7. The van der Waals surface area contributed by atoms with Crippen LogP contribution in [0, 0.1) is 0 Å². The normalized spacial score (nSPS) is 15.3. The number of anilines is 6. The van der Waals surface area contributed by atoms with Gasteiger partial charge in [0.1, 0.15) is 22.3 Å². The summed E-state index contributed by atoms with van der Waals surface area (Å²) in [6.45, 7) is 32.3. The van der Waals surface area contributed by atoms with Crippen LogP contribution in [0.1, 0.15) is 154 Å². The summed E-state index contributed by atoms with van der Waals surface area (Å²) in [5, 5.41) is 3.20. The minimum atomic E-state index is -0.852. The summed E-state index contributed by atoms with van der Waals surface area (Å²) in [7, 11) is 0. The van der Waals surface area contributed by atoms with Crippen LogP contribution in [-0.4, -0.2) is 15.8 Å². The van der Waals surface area contributed by atoms with E-state index in [4.69, 9.17) is 8.83 Å². The molecule has 0 amide bonds. The minimum absolute atomic E-state index is 0.0668. The maximum Gasteiger partial charge on any atom is 0.252 e. The predicted molar refractivity (Wildman–Crippen MR) is 499 cm³/mol. The number of fused-ring (bicyclic) bond motifs is 16. The first-order valence-electron chi connectivity index (χ1n) is 48.3. The minimum Gasteiger partial charge on any atom is -0.456 e. The number of nitrogens with zero attached hydrogens (tertiary/aromatic N) is 4. The fraction of sp³-hybridized carbons (Fsp3) is 0.182. The van der Waals surface area contributed by atoms with Gasteiger partial charge in [-0.1, -0.05) is 304 Å². The molecular weight excluding hydrogens is 1420 g/mol. The van der Waals surface area contributed by atoms with Gasteiger partial charge in [0.05, 0.1) is 55.4 Å². The Labute approximate surface area is 708 Å². The van der Waals surface area contributed by atoms with E-state index in [1.54, 1.807) is 9.13 Å². The summed E-state index contributed by atoms with van der Waals surface area (Å²) in [5.41, 5.74) is 18.3. The Balaban J connectivity index is 1.02. The van der Waals surface area contributed by atoms with Gasteiger partial charge in [0.15, 0.2) is 0 Å². The summed E-state index contributed by atoms with van der Waals surface area (Å²) in [6.07, 6.45) is 0. The van der Waals surface area contributed by atoms with Crippen LogP contribution in [0.2, 0.25) is 0 Å². The summed E-state index contributed by atoms with van der Waals surface area (Å²) < 4.78 is 172. The molecule has 4 aromatic heterocycles. The molecule has 0 saturated heterocycles. The highest BCUT2D eigenvalue weighted by Gasteiger charge is 2.47. The van der Waals surface area contributed by atoms with E-state index < -0.39 is 120 Å². The van der Waals surface area contributed by atoms with Crippen molar-refractivity contribution in [2.24, 2.45) is 0 Å². The molecule has 0 atom stereocenters. The smallest absolute Gasteiger partial charge is 0.252 e. The van der Waals surface area contributed by atoms with Gasteiger partial charge in [-0.2, -0.15) is 0 Å². The number of aromatic nitrogens is 2. The number of hydrogen-bond donors (Lipinski definition) is 0. The van der Waals surface area contributed by atoms with Crippen LogP contribution in [0.3, 0.4) is 0 Å². The largest absolute Gasteiger partial charge is 0.456 e. The highest BCUT2D eigenvalue weighted by Crippen LogP contribution is 2.58. The van der Waals surface area contributed by atoms with Crippen molar-refractivity contribution in [2.75, 3.05) is 9.80 Å². The molecule has 0 aliphatic carbocycles. The first kappa shape index (κ1) is 56.4. The number of hydrogen-bond acceptors (Lipinski definition) is 4. The monoisotopic (exact) mass is 1530 g/mol. The molecule has 21 rings (SSSR count). The van der Waals surface area contributed by atoms with Crippen molar-refractivity contribution in [3.05, 3.63) is 331 Å². The van der Waals surface area contributed by atoms with E-state index in [1.807, 2.05) is 84.9 Å². The molecule has 2 aliphatic rings. The molecule has 570 valence electrons. The summed E-state index contributed by atoms with van der Waals surface area (Å²) in [5.74, 6) is 0. The second-order valence-electron chi connectivity index (χ2n) is 36.9. The Kier molecular flexibility index (Phi) is 12.5. The van der Waals surface area contributed by atoms with Gasteiger partial charge in [-0.25, -0.2) is 0 Å². The molecule has 2 aliphatic heterocycles. The topological polar surface area (TPSA) is 42.6 Å². The Morgan fingerprint density at radius 1 is 0.282 bits per heavy atom. The lowest BCUT2D eigenvalue weighted by Gasteiger charge is -2.47. The van der Waals surface area contributed by atoms with Gasteiger partial charge in [-0.3, -0.25) is 0 Å². The lowest BCUT2D eigenvalue weighted by atomic mass is 9.33. The first-order chi connectivity index (χ1) is 62.8. The lowest BCUT2D eigenvalue weighted by Crippen LogP contribution is -2.61. The Bertz CT molecular complexity index is 8250. The molecule has 0 radical (unpaired) electrons. The van der Waals surface area contributed by atoms with Crippen molar-refractivity contribution in [1.29, 1.82) is 0 Å². The number of rotatable bonds is 8. The van der Waals surface area contributed by atoms with Gasteiger partial charge < -0.3 is 27.8 Å². The van der Waals surface area contributed by atoms with Gasteiger partial charge in [0.2, 0.25) is 0 Å². The van der Waals surface area contributed by atoms with Crippen LogP contribution in [0.25, 0.3) is 143 Å². The highest BCUT2D eigenvalue weighted by atomic mass is 16.3. The second-order valence-corrected chi connectivity index (χ2v) is 36.9. The van der Waals surface area contributed by atoms with E-state index in [9.17, 15) is 21.9 Å². The van der Waals surface area contributed by atoms with Gasteiger partial charge in [-0.05, 0) is 191 Å². The average Bonchev–Trinajstić information content (AvgIpc) is 0.983. The predicted octanol–water partition coefficient (Wildman–Crippen LogP) is 28.9. The van der Waals surface area contributed by atoms with E-state index in [0.717, 1.165) is 105 Å². The van der Waals surface area contributed by atoms with E-state index >= 15 is 0 Å². The molecule has 0 spiro atoms. The van der Waals surface area contributed by atoms with E-state index in [0.29, 0.717) is 67.4 Å². The van der Waals surface area contributed by atoms with Gasteiger partial charge in [0.25, 0.3) is 6.71 Å². The van der Waals surface area contributed by atoms with Crippen LogP contribution in [0.15, 0.2) is 312 Å². The summed E-state index contributed by atoms with van der Waals surface area (Å²) in [6, 6.07) is 63.4. The molecule has 15 aromatic carbocycles. The van der Waals surface area contributed by atoms with E-state index in [1.165, 1.54) is 0 Å². The standard InChI is InChI=1S/C110H95BN4O2/c1-106(2,3)68-34-28-32-66(56-68)84-58-70(108(7,8)9)60-86(80-42-31-51-100-101(80)83-41-21-27-50-99(83)116-100)103(84)114-94-64-73(112-90-45-22-16-36-75(90)76-37-17-23-46-91(76)112)52-54-88(94)111-89-55-53-74(113-92-47-24-18-38-77(92)78-39-19-25-48-93(78)113)65-95(89)115(97-63-72(110(13,14)15)62-96(114)102(97)111)104-85(67-33-29-35-69(57-67)107(4,5)6)59-71(109(10,11)12)61-87(104)82-44-30-43-81-79-40-20-26-49-98(79)117-105(81)82/h16-65H,1-15H3/i16D,17D,18D,19D,22D,23D,24D,25D,36D,37D,38D,39D,45D,46D,47D,48D. The lowest BCUT2D eigenvalue weighted by molar-refractivity contribution is 0.589. The average molecular weight is 1530 g/mol. The van der Waals surface area contributed by atoms with Crippen LogP contribution < -0.4 is 26.2 Å². The molecule has 0 bridgehead atoms. The van der Waals surface area contributed by atoms with Crippen LogP contribution in [0.5, 0.6) is 0 Å². The Morgan fingerprint density at radius 2 is 0.658 bits per heavy atom. The summed E-state index contributed by atoms with van der Waals surface area (Å²) in [4.78, 5) is 4.75. The van der Waals surface area contributed by atoms with Crippen LogP contribution in [-0.2, 0) is 27.1 Å². The maximum absolute atomic E-state index is 10.1. The Morgan fingerprint density at radius 3 is 1.13 bits per heavy atom. The highest BCUT2D eigenvalue weighted by molar-refractivity contribution is 7.00. The van der Waals surface area contributed by atoms with Crippen molar-refractivity contribution >= 4 is 145 Å². The van der Waals surface area contributed by atoms with E-state index in [2.05, 4.69) is 235 Å². The van der Waals surface area contributed by atoms with Gasteiger partial charge in [-0.15, -0.1) is 0 Å². The fourth-order valence-electron chi connectivity index (χ4n) is 18.2. The van der Waals surface area contributed by atoms with Crippen molar-refractivity contribution in [3.63, 3.8) is 0 Å². The van der Waals surface area contributed by atoms with Crippen molar-refractivity contribution in [3.8, 4) is 55.9 Å². The molecular formula is C110H95BN4O2. The Hall–Kier alpha value is -12.8. The zero-order valence-corrected chi connectivity index (χ0v) is 68.3. The molecule has 0 N–H and O–H groups in total. The van der Waals surface area contributed by atoms with Crippen molar-refractivity contribution in [2.45, 2.75) is 131 Å². The third-order valence-corrected chi connectivity index (χ3v) is 24.4. The summed E-state index contributed by atoms with van der Waals surface area (Å²) >= 11 is 0. The first-order valence-corrected chi connectivity index (χ1v) is 40.3. The fourth-order valence-corrected chi connectivity index (χ4v) is 18.2. The van der Waals surface area contributed by atoms with Crippen molar-refractivity contribution < 1.29 is 30.8 Å². The van der Waals surface area contributed by atoms with Gasteiger partial charge >= 0.3 is 0 Å². The second kappa shape index (κ2) is 25.8. The zero-order valence-electron chi connectivity index (χ0n) is 84.3. The van der Waals surface area contributed by atoms with Crippen LogP contribution >= 0.6 is 0 Å². The van der Waals surface area contributed by atoms with Crippen LogP contribution in [0.4, 0.5) is 34.1 Å². The molecule has 6 nitrogen and oxygen atoms in total. The molecule has 117 heavy (non-hydrogen) atoms. The third-order valence-electron chi connectivity index (χ3n) is 24.4. The molecule has 7 heteroatoms. The van der Waals surface area contributed by atoms with E-state index in [-0.39, 0.29) is 60.1 Å². The molecule has 6 heterocycles. The molecule has 19 aromatic rings. The zero-order chi connectivity index (χ0) is 94.2. The van der Waals surface area contributed by atoms with Crippen molar-refractivity contribution in [1.82, 2.24) is 9.13 Å². The molecule has 0 fully saturated rings. The van der Waals surface area contributed by atoms with Gasteiger partial charge in [0, 0.05) is 105 Å². The maximum atomic E-state index is 10.1. The molecule has 0 unspecified atom stereocenters. The molecule has 0 saturated carbocycles. The SMILES string of the molecule is [2H]c1c([2H])c([2H])c2c(c1[2H])c1c([2H])c([2H])c([2H])c([2H])c1n2-c1ccc2c(c1)N(c1c(-c3cccc(C(C)(C)C)c3)cc(C(C)(C)C)cc1-c1cccc3c1oc1ccccc13)c1cc(C(C)(C)C)cc3c1B2c1ccc(-n2c4c([2H])c([2H])c([2H])c([2H])c4c4c([2H])c([2H])c([2H])c([2H])c42)cc1N3c1c(-c2cccc(C(C)(C)C)c2)cc(C(C)(C)C)cc1-c1cccc2oc3ccccc3c12. The number of furan rings is 2. The third kappa shape index (κ3) is 11.3. The quantitative estimate of drug-likeness (QED) is 0.142. The number of benzene rings is 15.